The first-order chi connectivity index (χ1) is 7.71. The third-order valence-corrected chi connectivity index (χ3v) is 3.03. The molecule has 4 heteroatoms. The third kappa shape index (κ3) is 3.61. The normalized spacial score (nSPS) is 15.0. The topological polar surface area (TPSA) is 55.9 Å². The molecule has 1 heterocycles. The van der Waals surface area contributed by atoms with Crippen LogP contribution in [0.4, 0.5) is 0 Å². The summed E-state index contributed by atoms with van der Waals surface area (Å²) < 4.78 is 2.04. The van der Waals surface area contributed by atoms with Crippen LogP contribution in [0.3, 0.4) is 0 Å². The second-order valence-electron chi connectivity index (χ2n) is 4.40. The molecule has 0 saturated heterocycles. The molecule has 2 unspecified atom stereocenters. The summed E-state index contributed by atoms with van der Waals surface area (Å²) in [5.74, 6) is 5.51. The van der Waals surface area contributed by atoms with E-state index in [0.717, 1.165) is 31.4 Å². The summed E-state index contributed by atoms with van der Waals surface area (Å²) in [5.41, 5.74) is 3.98. The molecule has 2 atom stereocenters. The summed E-state index contributed by atoms with van der Waals surface area (Å²) in [6.07, 6.45) is 6.30. The maximum Gasteiger partial charge on any atom is 0.0640 e. The van der Waals surface area contributed by atoms with Crippen LogP contribution in [0.5, 0.6) is 0 Å². The van der Waals surface area contributed by atoms with Crippen LogP contribution in [0.25, 0.3) is 0 Å². The van der Waals surface area contributed by atoms with Gasteiger partial charge in [-0.25, -0.2) is 0 Å². The lowest BCUT2D eigenvalue weighted by Crippen LogP contribution is -2.36. The van der Waals surface area contributed by atoms with Crippen molar-refractivity contribution < 1.29 is 0 Å². The third-order valence-electron chi connectivity index (χ3n) is 3.03. The van der Waals surface area contributed by atoms with Crippen molar-refractivity contribution in [2.45, 2.75) is 58.5 Å². The van der Waals surface area contributed by atoms with Crippen molar-refractivity contribution in [3.05, 3.63) is 18.0 Å². The average Bonchev–Trinajstić information content (AvgIpc) is 2.76. The Kier molecular flexibility index (Phi) is 5.49. The van der Waals surface area contributed by atoms with Crippen molar-refractivity contribution in [3.63, 3.8) is 0 Å². The van der Waals surface area contributed by atoms with Crippen molar-refractivity contribution in [1.29, 1.82) is 0 Å². The molecule has 0 aliphatic rings. The van der Waals surface area contributed by atoms with Gasteiger partial charge in [0.2, 0.25) is 0 Å². The van der Waals surface area contributed by atoms with Gasteiger partial charge >= 0.3 is 0 Å². The van der Waals surface area contributed by atoms with Crippen LogP contribution in [0, 0.1) is 0 Å². The quantitative estimate of drug-likeness (QED) is 0.550. The first kappa shape index (κ1) is 13.2. The van der Waals surface area contributed by atoms with Crippen molar-refractivity contribution in [2.75, 3.05) is 0 Å². The van der Waals surface area contributed by atoms with Gasteiger partial charge in [0.1, 0.15) is 0 Å². The Morgan fingerprint density at radius 3 is 2.81 bits per heavy atom. The minimum absolute atomic E-state index is 0.338. The van der Waals surface area contributed by atoms with Gasteiger partial charge in [-0.1, -0.05) is 20.3 Å². The number of hydrogen-bond acceptors (Lipinski definition) is 3. The maximum absolute atomic E-state index is 5.51. The standard InChI is InChI=1S/C12H24N4/c1-4-6-11(14-13)9-12-7-8-16(15-12)10(3)5-2/h7-8,10-11,14H,4-6,9,13H2,1-3H3. The fourth-order valence-electron chi connectivity index (χ4n) is 1.76. The molecule has 0 amide bonds. The van der Waals surface area contributed by atoms with Crippen LogP contribution >= 0.6 is 0 Å². The van der Waals surface area contributed by atoms with Crippen LogP contribution in [-0.2, 0) is 6.42 Å². The number of aromatic nitrogens is 2. The molecule has 4 nitrogen and oxygen atoms in total. The largest absolute Gasteiger partial charge is 0.271 e. The number of hydrogen-bond donors (Lipinski definition) is 2. The first-order valence-electron chi connectivity index (χ1n) is 6.21. The lowest BCUT2D eigenvalue weighted by molar-refractivity contribution is 0.455. The second kappa shape index (κ2) is 6.66. The molecule has 0 spiro atoms. The number of hydrazine groups is 1. The van der Waals surface area contributed by atoms with E-state index in [9.17, 15) is 0 Å². The number of rotatable bonds is 7. The highest BCUT2D eigenvalue weighted by Gasteiger charge is 2.10. The molecule has 0 bridgehead atoms. The fraction of sp³-hybridized carbons (Fsp3) is 0.750. The minimum atomic E-state index is 0.338. The molecular weight excluding hydrogens is 200 g/mol. The molecule has 16 heavy (non-hydrogen) atoms. The zero-order chi connectivity index (χ0) is 12.0. The van der Waals surface area contributed by atoms with E-state index in [1.54, 1.807) is 0 Å². The molecule has 92 valence electrons. The highest BCUT2D eigenvalue weighted by Crippen LogP contribution is 2.11. The Morgan fingerprint density at radius 2 is 2.25 bits per heavy atom. The van der Waals surface area contributed by atoms with Gasteiger partial charge in [-0.3, -0.25) is 16.0 Å². The van der Waals surface area contributed by atoms with Crippen molar-refractivity contribution in [2.24, 2.45) is 5.84 Å². The van der Waals surface area contributed by atoms with Gasteiger partial charge in [-0.05, 0) is 25.8 Å². The predicted molar refractivity (Wildman–Crippen MR) is 67.0 cm³/mol. The summed E-state index contributed by atoms with van der Waals surface area (Å²) in [6, 6.07) is 2.90. The summed E-state index contributed by atoms with van der Waals surface area (Å²) in [4.78, 5) is 0. The molecule has 0 aromatic carbocycles. The van der Waals surface area contributed by atoms with Crippen LogP contribution < -0.4 is 11.3 Å². The van der Waals surface area contributed by atoms with E-state index in [-0.39, 0.29) is 0 Å². The van der Waals surface area contributed by atoms with E-state index in [1.807, 2.05) is 4.68 Å². The van der Waals surface area contributed by atoms with Crippen molar-refractivity contribution >= 4 is 0 Å². The summed E-state index contributed by atoms with van der Waals surface area (Å²) in [7, 11) is 0. The lowest BCUT2D eigenvalue weighted by atomic mass is 10.1. The van der Waals surface area contributed by atoms with Gasteiger partial charge < -0.3 is 0 Å². The van der Waals surface area contributed by atoms with E-state index in [0.29, 0.717) is 12.1 Å². The number of nitrogens with two attached hydrogens (primary N) is 1. The van der Waals surface area contributed by atoms with Crippen molar-refractivity contribution in [1.82, 2.24) is 15.2 Å². The lowest BCUT2D eigenvalue weighted by Gasteiger charge is -2.13. The zero-order valence-corrected chi connectivity index (χ0v) is 10.6. The van der Waals surface area contributed by atoms with Crippen molar-refractivity contribution in [3.8, 4) is 0 Å². The van der Waals surface area contributed by atoms with Gasteiger partial charge in [0.05, 0.1) is 5.69 Å². The smallest absolute Gasteiger partial charge is 0.0640 e. The van der Waals surface area contributed by atoms with Crippen LogP contribution in [-0.4, -0.2) is 15.8 Å². The summed E-state index contributed by atoms with van der Waals surface area (Å²) >= 11 is 0. The Hall–Kier alpha value is -0.870. The molecule has 0 radical (unpaired) electrons. The zero-order valence-electron chi connectivity index (χ0n) is 10.6. The highest BCUT2D eigenvalue weighted by molar-refractivity contribution is 5.02. The van der Waals surface area contributed by atoms with Crippen LogP contribution in [0.1, 0.15) is 51.8 Å². The Balaban J connectivity index is 2.56. The molecule has 0 saturated carbocycles. The molecule has 1 aromatic rings. The van der Waals surface area contributed by atoms with E-state index >= 15 is 0 Å². The van der Waals surface area contributed by atoms with Crippen LogP contribution in [0.15, 0.2) is 12.3 Å². The monoisotopic (exact) mass is 224 g/mol. The van der Waals surface area contributed by atoms with Gasteiger partial charge in [0.25, 0.3) is 0 Å². The first-order valence-corrected chi connectivity index (χ1v) is 6.21. The minimum Gasteiger partial charge on any atom is -0.271 e. The van der Waals surface area contributed by atoms with E-state index < -0.39 is 0 Å². The van der Waals surface area contributed by atoms with Gasteiger partial charge in [0.15, 0.2) is 0 Å². The molecule has 1 aromatic heterocycles. The fourth-order valence-corrected chi connectivity index (χ4v) is 1.76. The number of nitrogens with zero attached hydrogens (tertiary/aromatic N) is 2. The molecule has 0 fully saturated rings. The van der Waals surface area contributed by atoms with Gasteiger partial charge in [-0.2, -0.15) is 5.10 Å². The maximum atomic E-state index is 5.51. The van der Waals surface area contributed by atoms with E-state index in [1.165, 1.54) is 0 Å². The molecule has 1 rings (SSSR count). The predicted octanol–water partition coefficient (Wildman–Crippen LogP) is 2.03. The van der Waals surface area contributed by atoms with E-state index in [4.69, 9.17) is 5.84 Å². The molecule has 0 aliphatic heterocycles. The van der Waals surface area contributed by atoms with Crippen LogP contribution in [0.2, 0.25) is 0 Å². The summed E-state index contributed by atoms with van der Waals surface area (Å²) in [5, 5.41) is 4.57. The average molecular weight is 224 g/mol. The van der Waals surface area contributed by atoms with E-state index in [2.05, 4.69) is 43.6 Å². The molecule has 3 N–H and O–H groups in total. The van der Waals surface area contributed by atoms with Gasteiger partial charge in [-0.15, -0.1) is 0 Å². The molecule has 0 aliphatic carbocycles. The molecular formula is C12H24N4. The SMILES string of the molecule is CCCC(Cc1ccn(C(C)CC)n1)NN. The number of nitrogens with one attached hydrogen (secondary N) is 1. The Labute approximate surface area is 98.2 Å². The highest BCUT2D eigenvalue weighted by atomic mass is 15.3. The summed E-state index contributed by atoms with van der Waals surface area (Å²) in [6.45, 7) is 6.52. The Morgan fingerprint density at radius 1 is 1.50 bits per heavy atom. The second-order valence-corrected chi connectivity index (χ2v) is 4.40. The Bertz CT molecular complexity index is 295. The van der Waals surface area contributed by atoms with Gasteiger partial charge in [0, 0.05) is 24.7 Å².